The van der Waals surface area contributed by atoms with E-state index in [1.807, 2.05) is 31.2 Å². The van der Waals surface area contributed by atoms with Gasteiger partial charge in [-0.3, -0.25) is 9.59 Å². The molecule has 0 atom stereocenters. The number of amides is 2. The number of hydrogen-bond donors (Lipinski definition) is 1. The van der Waals surface area contributed by atoms with Crippen LogP contribution in [0.5, 0.6) is 0 Å². The van der Waals surface area contributed by atoms with Gasteiger partial charge >= 0.3 is 0 Å². The van der Waals surface area contributed by atoms with Crippen LogP contribution in [0.15, 0.2) is 42.5 Å². The van der Waals surface area contributed by atoms with Crippen molar-refractivity contribution in [2.45, 2.75) is 26.8 Å². The second-order valence-electron chi connectivity index (χ2n) is 5.78. The fourth-order valence-electron chi connectivity index (χ4n) is 2.36. The van der Waals surface area contributed by atoms with Crippen LogP contribution in [0, 0.1) is 6.92 Å². The minimum absolute atomic E-state index is 0.128. The maximum Gasteiger partial charge on any atom is 0.223 e. The molecule has 2 amide bonds. The number of aryl methyl sites for hydroxylation is 1. The zero-order chi connectivity index (χ0) is 18.4. The predicted octanol–water partition coefficient (Wildman–Crippen LogP) is 4.36. The third-order valence-electron chi connectivity index (χ3n) is 3.75. The predicted molar refractivity (Wildman–Crippen MR) is 102 cm³/mol. The van der Waals surface area contributed by atoms with Gasteiger partial charge in [0.05, 0.1) is 10.7 Å². The van der Waals surface area contributed by atoms with Crippen LogP contribution in [0.1, 0.15) is 24.5 Å². The van der Waals surface area contributed by atoms with Crippen LogP contribution in [-0.4, -0.2) is 18.4 Å². The number of anilines is 1. The molecule has 1 N–H and O–H groups in total. The number of carbonyl (C=O) groups excluding carboxylic acids is 2. The molecule has 0 spiro atoms. The van der Waals surface area contributed by atoms with Gasteiger partial charge in [0, 0.05) is 31.5 Å². The molecule has 4 nitrogen and oxygen atoms in total. The first-order chi connectivity index (χ1) is 11.9. The van der Waals surface area contributed by atoms with Crippen LogP contribution < -0.4 is 10.2 Å². The van der Waals surface area contributed by atoms with E-state index in [0.29, 0.717) is 22.3 Å². The van der Waals surface area contributed by atoms with E-state index in [4.69, 9.17) is 23.2 Å². The molecule has 0 aliphatic heterocycles. The van der Waals surface area contributed by atoms with Crippen molar-refractivity contribution in [1.82, 2.24) is 5.32 Å². The number of hydrogen-bond acceptors (Lipinski definition) is 2. The number of carbonyl (C=O) groups is 2. The van der Waals surface area contributed by atoms with Gasteiger partial charge in [-0.1, -0.05) is 53.0 Å². The lowest BCUT2D eigenvalue weighted by Gasteiger charge is -2.22. The molecule has 0 bridgehead atoms. The first-order valence-electron chi connectivity index (χ1n) is 7.92. The molecule has 25 heavy (non-hydrogen) atoms. The lowest BCUT2D eigenvalue weighted by atomic mass is 10.1. The van der Waals surface area contributed by atoms with Crippen LogP contribution >= 0.6 is 23.2 Å². The number of nitrogens with one attached hydrogen (secondary N) is 1. The quantitative estimate of drug-likeness (QED) is 0.811. The highest BCUT2D eigenvalue weighted by atomic mass is 35.5. The van der Waals surface area contributed by atoms with Gasteiger partial charge in [-0.2, -0.15) is 0 Å². The highest BCUT2D eigenvalue weighted by Crippen LogP contribution is 2.29. The Labute approximate surface area is 157 Å². The third kappa shape index (κ3) is 5.76. The molecule has 2 aromatic carbocycles. The summed E-state index contributed by atoms with van der Waals surface area (Å²) in [6.07, 6.45) is 0.185. The molecule has 0 aliphatic rings. The summed E-state index contributed by atoms with van der Waals surface area (Å²) in [5.41, 5.74) is 2.75. The van der Waals surface area contributed by atoms with Crippen LogP contribution in [0.25, 0.3) is 0 Å². The van der Waals surface area contributed by atoms with E-state index in [9.17, 15) is 9.59 Å². The summed E-state index contributed by atoms with van der Waals surface area (Å²) in [7, 11) is 0. The Kier molecular flexibility index (Phi) is 6.85. The van der Waals surface area contributed by atoms with Crippen LogP contribution in [0.2, 0.25) is 10.0 Å². The van der Waals surface area contributed by atoms with E-state index >= 15 is 0 Å². The summed E-state index contributed by atoms with van der Waals surface area (Å²) in [6.45, 7) is 4.16. The first kappa shape index (κ1) is 19.3. The van der Waals surface area contributed by atoms with Crippen molar-refractivity contribution in [2.75, 3.05) is 11.4 Å². The van der Waals surface area contributed by atoms with Gasteiger partial charge in [0.25, 0.3) is 0 Å². The Morgan fingerprint density at radius 3 is 2.36 bits per heavy atom. The highest BCUT2D eigenvalue weighted by molar-refractivity contribution is 6.36. The minimum Gasteiger partial charge on any atom is -0.352 e. The Morgan fingerprint density at radius 2 is 1.76 bits per heavy atom. The van der Waals surface area contributed by atoms with Crippen molar-refractivity contribution in [3.8, 4) is 0 Å². The summed E-state index contributed by atoms with van der Waals surface area (Å²) in [6, 6.07) is 12.9. The molecule has 0 radical (unpaired) electrons. The van der Waals surface area contributed by atoms with Gasteiger partial charge in [-0.15, -0.1) is 0 Å². The zero-order valence-electron chi connectivity index (χ0n) is 14.2. The van der Waals surface area contributed by atoms with Crippen LogP contribution in [0.4, 0.5) is 5.69 Å². The molecule has 0 aliphatic carbocycles. The van der Waals surface area contributed by atoms with Gasteiger partial charge < -0.3 is 10.2 Å². The Balaban J connectivity index is 1.93. The Bertz CT molecular complexity index is 761. The van der Waals surface area contributed by atoms with Crippen molar-refractivity contribution in [3.05, 3.63) is 63.6 Å². The molecule has 0 saturated carbocycles. The molecular formula is C19H20Cl2N2O2. The van der Waals surface area contributed by atoms with Crippen LogP contribution in [-0.2, 0) is 16.1 Å². The van der Waals surface area contributed by atoms with Crippen LogP contribution in [0.3, 0.4) is 0 Å². The first-order valence-corrected chi connectivity index (χ1v) is 8.68. The van der Waals surface area contributed by atoms with Gasteiger partial charge in [0.2, 0.25) is 11.8 Å². The van der Waals surface area contributed by atoms with Crippen molar-refractivity contribution in [3.63, 3.8) is 0 Å². The van der Waals surface area contributed by atoms with Crippen molar-refractivity contribution >= 4 is 40.7 Å². The Morgan fingerprint density at radius 1 is 1.08 bits per heavy atom. The third-order valence-corrected chi connectivity index (χ3v) is 4.29. The maximum atomic E-state index is 12.1. The number of benzene rings is 2. The second kappa shape index (κ2) is 8.88. The molecule has 6 heteroatoms. The lowest BCUT2D eigenvalue weighted by molar-refractivity contribution is -0.121. The van der Waals surface area contributed by atoms with Gasteiger partial charge in [-0.25, -0.2) is 0 Å². The maximum absolute atomic E-state index is 12.1. The number of halogens is 2. The normalized spacial score (nSPS) is 10.4. The fourth-order valence-corrected chi connectivity index (χ4v) is 2.87. The molecule has 0 fully saturated rings. The highest BCUT2D eigenvalue weighted by Gasteiger charge is 2.16. The van der Waals surface area contributed by atoms with E-state index in [2.05, 4.69) is 5.32 Å². The molecule has 2 aromatic rings. The van der Waals surface area contributed by atoms with E-state index in [1.165, 1.54) is 17.4 Å². The largest absolute Gasteiger partial charge is 0.352 e. The summed E-state index contributed by atoms with van der Waals surface area (Å²) < 4.78 is 0. The number of nitrogens with zero attached hydrogens (tertiary/aromatic N) is 1. The standard InChI is InChI=1S/C19H20Cl2N2O2/c1-13-3-5-15(6-4-13)12-22-19(25)9-10-23(14(2)24)18-8-7-16(20)11-17(18)21/h3-8,11H,9-10,12H2,1-2H3,(H,22,25). The fraction of sp³-hybridized carbons (Fsp3) is 0.263. The molecule has 0 unspecified atom stereocenters. The molecule has 2 rings (SSSR count). The van der Waals surface area contributed by atoms with Crippen molar-refractivity contribution in [1.29, 1.82) is 0 Å². The summed E-state index contributed by atoms with van der Waals surface area (Å²) >= 11 is 12.0. The average Bonchev–Trinajstić information content (AvgIpc) is 2.56. The summed E-state index contributed by atoms with van der Waals surface area (Å²) in [4.78, 5) is 25.5. The summed E-state index contributed by atoms with van der Waals surface area (Å²) in [5, 5.41) is 3.73. The van der Waals surface area contributed by atoms with E-state index in [1.54, 1.807) is 18.2 Å². The lowest BCUT2D eigenvalue weighted by Crippen LogP contribution is -2.33. The van der Waals surface area contributed by atoms with Gasteiger partial charge in [-0.05, 0) is 30.7 Å². The van der Waals surface area contributed by atoms with E-state index in [-0.39, 0.29) is 24.8 Å². The van der Waals surface area contributed by atoms with Crippen molar-refractivity contribution < 1.29 is 9.59 Å². The molecule has 132 valence electrons. The monoisotopic (exact) mass is 378 g/mol. The smallest absolute Gasteiger partial charge is 0.223 e. The average molecular weight is 379 g/mol. The topological polar surface area (TPSA) is 49.4 Å². The SMILES string of the molecule is CC(=O)N(CCC(=O)NCc1ccc(C)cc1)c1ccc(Cl)cc1Cl. The number of rotatable bonds is 6. The second-order valence-corrected chi connectivity index (χ2v) is 6.62. The van der Waals surface area contributed by atoms with Gasteiger partial charge in [0.15, 0.2) is 0 Å². The molecule has 0 heterocycles. The summed E-state index contributed by atoms with van der Waals surface area (Å²) in [5.74, 6) is -0.313. The zero-order valence-corrected chi connectivity index (χ0v) is 15.7. The van der Waals surface area contributed by atoms with Crippen molar-refractivity contribution in [2.24, 2.45) is 0 Å². The molecular weight excluding hydrogens is 359 g/mol. The molecule has 0 saturated heterocycles. The Hall–Kier alpha value is -2.04. The van der Waals surface area contributed by atoms with Gasteiger partial charge in [0.1, 0.15) is 0 Å². The van der Waals surface area contributed by atoms with E-state index < -0.39 is 0 Å². The molecule has 0 aromatic heterocycles. The van der Waals surface area contributed by atoms with E-state index in [0.717, 1.165) is 5.56 Å². The minimum atomic E-state index is -0.185.